The second kappa shape index (κ2) is 10.1. The summed E-state index contributed by atoms with van der Waals surface area (Å²) in [5.74, 6) is 1.42. The molecule has 2 amide bonds. The van der Waals surface area contributed by atoms with Crippen molar-refractivity contribution in [3.05, 3.63) is 65.9 Å². The highest BCUT2D eigenvalue weighted by Gasteiger charge is 2.14. The fourth-order valence-corrected chi connectivity index (χ4v) is 3.84. The first-order chi connectivity index (χ1) is 15.5. The Kier molecular flexibility index (Phi) is 6.84. The molecule has 7 nitrogen and oxygen atoms in total. The molecule has 1 saturated carbocycles. The van der Waals surface area contributed by atoms with Crippen LogP contribution in [0.2, 0.25) is 0 Å². The molecule has 0 atom stereocenters. The highest BCUT2D eigenvalue weighted by molar-refractivity contribution is 5.99. The van der Waals surface area contributed by atoms with E-state index in [2.05, 4.69) is 31.2 Å². The molecule has 1 aromatic heterocycles. The van der Waals surface area contributed by atoms with Crippen molar-refractivity contribution in [3.63, 3.8) is 0 Å². The Labute approximate surface area is 189 Å². The van der Waals surface area contributed by atoms with E-state index in [1.165, 1.54) is 32.1 Å². The number of hydrogen-bond donors (Lipinski definition) is 4. The van der Waals surface area contributed by atoms with Gasteiger partial charge in [-0.1, -0.05) is 37.0 Å². The van der Waals surface area contributed by atoms with Crippen LogP contribution in [0.3, 0.4) is 0 Å². The number of benzene rings is 2. The molecule has 1 aliphatic carbocycles. The van der Waals surface area contributed by atoms with E-state index in [1.54, 1.807) is 0 Å². The number of nitrogens with zero attached hydrogens (tertiary/aromatic N) is 2. The van der Waals surface area contributed by atoms with Crippen molar-refractivity contribution >= 4 is 34.9 Å². The predicted octanol–water partition coefficient (Wildman–Crippen LogP) is 6.23. The van der Waals surface area contributed by atoms with Gasteiger partial charge < -0.3 is 21.3 Å². The number of amides is 2. The van der Waals surface area contributed by atoms with Gasteiger partial charge in [0, 0.05) is 34.9 Å². The molecule has 0 bridgehead atoms. The third-order valence-corrected chi connectivity index (χ3v) is 5.52. The maximum absolute atomic E-state index is 12.2. The van der Waals surface area contributed by atoms with Crippen LogP contribution in [-0.4, -0.2) is 22.0 Å². The van der Waals surface area contributed by atoms with Crippen LogP contribution in [0.25, 0.3) is 0 Å². The summed E-state index contributed by atoms with van der Waals surface area (Å²) in [5, 5.41) is 12.5. The minimum absolute atomic E-state index is 0.278. The van der Waals surface area contributed by atoms with E-state index in [4.69, 9.17) is 0 Å². The minimum atomic E-state index is -0.278. The number of carbonyl (C=O) groups excluding carboxylic acids is 1. The summed E-state index contributed by atoms with van der Waals surface area (Å²) in [5.41, 5.74) is 4.40. The number of carbonyl (C=O) groups is 1. The highest BCUT2D eigenvalue weighted by atomic mass is 16.2. The molecule has 4 N–H and O–H groups in total. The Morgan fingerprint density at radius 2 is 1.41 bits per heavy atom. The normalized spacial score (nSPS) is 13.9. The zero-order valence-corrected chi connectivity index (χ0v) is 18.6. The van der Waals surface area contributed by atoms with Gasteiger partial charge in [-0.3, -0.25) is 0 Å². The van der Waals surface area contributed by atoms with Crippen LogP contribution in [0.5, 0.6) is 0 Å². The van der Waals surface area contributed by atoms with Gasteiger partial charge in [0.1, 0.15) is 5.82 Å². The van der Waals surface area contributed by atoms with Gasteiger partial charge >= 0.3 is 6.03 Å². The number of nitrogens with one attached hydrogen (secondary N) is 4. The Morgan fingerprint density at radius 3 is 2.06 bits per heavy atom. The van der Waals surface area contributed by atoms with Crippen molar-refractivity contribution in [1.29, 1.82) is 0 Å². The number of rotatable bonds is 6. The molecule has 0 radical (unpaired) electrons. The van der Waals surface area contributed by atoms with E-state index >= 15 is 0 Å². The highest BCUT2D eigenvalue weighted by Crippen LogP contribution is 2.23. The molecule has 32 heavy (non-hydrogen) atoms. The first-order valence-corrected chi connectivity index (χ1v) is 11.2. The molecule has 1 aliphatic rings. The van der Waals surface area contributed by atoms with E-state index in [0.717, 1.165) is 28.5 Å². The van der Waals surface area contributed by atoms with Crippen LogP contribution >= 0.6 is 0 Å². The first-order valence-electron chi connectivity index (χ1n) is 11.2. The Balaban J connectivity index is 1.34. The van der Waals surface area contributed by atoms with Crippen molar-refractivity contribution in [3.8, 4) is 0 Å². The lowest BCUT2D eigenvalue weighted by Crippen LogP contribution is -2.23. The molecule has 4 rings (SSSR count). The van der Waals surface area contributed by atoms with E-state index in [9.17, 15) is 4.79 Å². The van der Waals surface area contributed by atoms with Gasteiger partial charge in [0.2, 0.25) is 5.95 Å². The molecule has 0 saturated heterocycles. The molecule has 1 fully saturated rings. The molecule has 166 valence electrons. The smallest absolute Gasteiger partial charge is 0.323 e. The Hall–Kier alpha value is -3.61. The SMILES string of the molecule is Cc1ccc(NC(=O)Nc2ccc(Nc3cc(C)nc(NC4CCCCC4)n3)cc2)cc1. The quantitative estimate of drug-likeness (QED) is 0.372. The van der Waals surface area contributed by atoms with Crippen molar-refractivity contribution < 1.29 is 4.79 Å². The van der Waals surface area contributed by atoms with Crippen LogP contribution in [0.4, 0.5) is 33.6 Å². The van der Waals surface area contributed by atoms with E-state index in [-0.39, 0.29) is 6.03 Å². The van der Waals surface area contributed by atoms with E-state index < -0.39 is 0 Å². The summed E-state index contributed by atoms with van der Waals surface area (Å²) in [6.45, 7) is 3.98. The lowest BCUT2D eigenvalue weighted by Gasteiger charge is -2.23. The molecule has 7 heteroatoms. The van der Waals surface area contributed by atoms with Gasteiger partial charge in [0.15, 0.2) is 0 Å². The fraction of sp³-hybridized carbons (Fsp3) is 0.320. The van der Waals surface area contributed by atoms with Crippen LogP contribution in [-0.2, 0) is 0 Å². The predicted molar refractivity (Wildman–Crippen MR) is 131 cm³/mol. The Bertz CT molecular complexity index is 1040. The summed E-state index contributed by atoms with van der Waals surface area (Å²) in [4.78, 5) is 21.4. The van der Waals surface area contributed by atoms with Gasteiger partial charge in [-0.2, -0.15) is 4.98 Å². The first kappa shape index (κ1) is 21.6. The van der Waals surface area contributed by atoms with Crippen molar-refractivity contribution in [1.82, 2.24) is 9.97 Å². The fourth-order valence-electron chi connectivity index (χ4n) is 3.84. The topological polar surface area (TPSA) is 91.0 Å². The summed E-state index contributed by atoms with van der Waals surface area (Å²) in [7, 11) is 0. The summed E-state index contributed by atoms with van der Waals surface area (Å²) < 4.78 is 0. The lowest BCUT2D eigenvalue weighted by molar-refractivity contribution is 0.262. The zero-order valence-electron chi connectivity index (χ0n) is 18.6. The van der Waals surface area contributed by atoms with Gasteiger partial charge in [-0.25, -0.2) is 9.78 Å². The number of urea groups is 1. The largest absolute Gasteiger partial charge is 0.351 e. The second-order valence-corrected chi connectivity index (χ2v) is 8.34. The van der Waals surface area contributed by atoms with Gasteiger partial charge in [0.25, 0.3) is 0 Å². The third-order valence-electron chi connectivity index (χ3n) is 5.52. The van der Waals surface area contributed by atoms with Crippen LogP contribution in [0.15, 0.2) is 54.6 Å². The lowest BCUT2D eigenvalue weighted by atomic mass is 9.96. The van der Waals surface area contributed by atoms with E-state index in [1.807, 2.05) is 68.4 Å². The summed E-state index contributed by atoms with van der Waals surface area (Å²) in [6.07, 6.45) is 6.19. The molecule has 0 aliphatic heterocycles. The van der Waals surface area contributed by atoms with E-state index in [0.29, 0.717) is 17.7 Å². The molecular weight excluding hydrogens is 400 g/mol. The van der Waals surface area contributed by atoms with Crippen molar-refractivity contribution in [2.75, 3.05) is 21.3 Å². The summed E-state index contributed by atoms with van der Waals surface area (Å²) in [6, 6.07) is 17.3. The zero-order chi connectivity index (χ0) is 22.3. The Morgan fingerprint density at radius 1 is 0.812 bits per heavy atom. The molecule has 2 aromatic carbocycles. The third kappa shape index (κ3) is 6.20. The standard InChI is InChI=1S/C25H30N6O/c1-17-8-10-21(11-9-17)29-25(32)30-22-14-12-20(13-15-22)27-23-16-18(2)26-24(31-23)28-19-6-4-3-5-7-19/h8-16,19H,3-7H2,1-2H3,(H2,29,30,32)(H2,26,27,28,31). The van der Waals surface area contributed by atoms with Gasteiger partial charge in [0.05, 0.1) is 0 Å². The maximum Gasteiger partial charge on any atom is 0.323 e. The van der Waals surface area contributed by atoms with Crippen LogP contribution < -0.4 is 21.3 Å². The number of aryl methyl sites for hydroxylation is 2. The van der Waals surface area contributed by atoms with Crippen molar-refractivity contribution in [2.24, 2.45) is 0 Å². The molecular formula is C25H30N6O. The maximum atomic E-state index is 12.2. The molecule has 0 unspecified atom stereocenters. The number of aromatic nitrogens is 2. The summed E-state index contributed by atoms with van der Waals surface area (Å²) >= 11 is 0. The van der Waals surface area contributed by atoms with Gasteiger partial charge in [-0.15, -0.1) is 0 Å². The average Bonchev–Trinajstić information content (AvgIpc) is 2.77. The van der Waals surface area contributed by atoms with Crippen LogP contribution in [0, 0.1) is 13.8 Å². The molecule has 1 heterocycles. The molecule has 3 aromatic rings. The van der Waals surface area contributed by atoms with Crippen molar-refractivity contribution in [2.45, 2.75) is 52.0 Å². The monoisotopic (exact) mass is 430 g/mol. The molecule has 0 spiro atoms. The average molecular weight is 431 g/mol. The van der Waals surface area contributed by atoms with Gasteiger partial charge in [-0.05, 0) is 63.1 Å². The second-order valence-electron chi connectivity index (χ2n) is 8.34. The number of hydrogen-bond acceptors (Lipinski definition) is 5. The van der Waals surface area contributed by atoms with Crippen LogP contribution in [0.1, 0.15) is 43.4 Å². The number of anilines is 5. The minimum Gasteiger partial charge on any atom is -0.351 e.